The van der Waals surface area contributed by atoms with E-state index in [1.54, 1.807) is 18.2 Å². The summed E-state index contributed by atoms with van der Waals surface area (Å²) in [5.41, 5.74) is 0.496. The number of hydrogen-bond donors (Lipinski definition) is 1. The van der Waals surface area contributed by atoms with E-state index in [9.17, 15) is 13.9 Å². The molecule has 93 valence electrons. The zero-order valence-corrected chi connectivity index (χ0v) is 9.40. The van der Waals surface area contributed by atoms with Crippen LogP contribution in [0.25, 0.3) is 10.9 Å². The molecule has 0 bridgehead atoms. The molecule has 0 aliphatic carbocycles. The Kier molecular flexibility index (Phi) is 2.33. The Morgan fingerprint density at radius 1 is 1.39 bits per heavy atom. The number of benzene rings is 1. The molecule has 1 radical (unpaired) electrons. The molecule has 4 nitrogen and oxygen atoms in total. The van der Waals surface area contributed by atoms with Crippen LogP contribution in [-0.2, 0) is 0 Å². The third-order valence-corrected chi connectivity index (χ3v) is 2.94. The van der Waals surface area contributed by atoms with Crippen molar-refractivity contribution < 1.29 is 13.9 Å². The molecular formula is C12H10F2N3O. The second-order valence-corrected chi connectivity index (χ2v) is 4.31. The van der Waals surface area contributed by atoms with Crippen LogP contribution in [0.3, 0.4) is 0 Å². The van der Waals surface area contributed by atoms with Gasteiger partial charge in [0.25, 0.3) is 5.92 Å². The molecule has 1 aromatic heterocycles. The maximum atomic E-state index is 13.1. The molecule has 3 rings (SSSR count). The normalized spacial score (nSPS) is 18.4. The number of alkyl halides is 2. The summed E-state index contributed by atoms with van der Waals surface area (Å²) in [6.07, 6.45) is -0.212. The Balaban J connectivity index is 2.03. The fourth-order valence-corrected chi connectivity index (χ4v) is 2.03. The van der Waals surface area contributed by atoms with Gasteiger partial charge < -0.3 is 10.0 Å². The predicted molar refractivity (Wildman–Crippen MR) is 61.8 cm³/mol. The van der Waals surface area contributed by atoms with Crippen molar-refractivity contribution >= 4 is 16.9 Å². The van der Waals surface area contributed by atoms with E-state index < -0.39 is 12.5 Å². The molecule has 1 aliphatic heterocycles. The summed E-state index contributed by atoms with van der Waals surface area (Å²) in [6.45, 7) is -0.219. The van der Waals surface area contributed by atoms with Gasteiger partial charge in [0.2, 0.25) is 11.8 Å². The summed E-state index contributed by atoms with van der Waals surface area (Å²) in [5, 5.41) is 10.1. The topological polar surface area (TPSA) is 49.3 Å². The number of aromatic nitrogens is 2. The smallest absolute Gasteiger partial charge is 0.267 e. The van der Waals surface area contributed by atoms with Crippen molar-refractivity contribution in [2.45, 2.75) is 12.3 Å². The number of aromatic hydroxyl groups is 1. The van der Waals surface area contributed by atoms with Gasteiger partial charge >= 0.3 is 0 Å². The molecule has 1 aromatic carbocycles. The third kappa shape index (κ3) is 1.83. The molecule has 0 atom stereocenters. The molecule has 1 saturated heterocycles. The molecule has 2 aromatic rings. The lowest BCUT2D eigenvalue weighted by Crippen LogP contribution is -2.26. The fourth-order valence-electron chi connectivity index (χ4n) is 2.03. The van der Waals surface area contributed by atoms with Crippen LogP contribution in [0.2, 0.25) is 0 Å². The molecule has 18 heavy (non-hydrogen) atoms. The van der Waals surface area contributed by atoms with E-state index in [1.165, 1.54) is 4.90 Å². The van der Waals surface area contributed by atoms with Crippen LogP contribution < -0.4 is 4.90 Å². The van der Waals surface area contributed by atoms with E-state index in [0.717, 1.165) is 0 Å². The van der Waals surface area contributed by atoms with Crippen molar-refractivity contribution in [2.24, 2.45) is 0 Å². The molecule has 0 saturated carbocycles. The lowest BCUT2D eigenvalue weighted by atomic mass is 10.2. The SMILES string of the molecule is Oc1nc(N2CCC(F)(F)C2)nc2ccc[c]c12. The molecule has 6 heteroatoms. The molecule has 1 aliphatic rings. The maximum Gasteiger partial charge on any atom is 0.267 e. The number of fused-ring (bicyclic) bond motifs is 1. The van der Waals surface area contributed by atoms with Crippen LogP contribution in [0.1, 0.15) is 6.42 Å². The van der Waals surface area contributed by atoms with Crippen LogP contribution in [-0.4, -0.2) is 34.1 Å². The van der Waals surface area contributed by atoms with Crippen molar-refractivity contribution in [1.82, 2.24) is 9.97 Å². The lowest BCUT2D eigenvalue weighted by Gasteiger charge is -2.16. The van der Waals surface area contributed by atoms with Gasteiger partial charge in [0, 0.05) is 13.0 Å². The highest BCUT2D eigenvalue weighted by Crippen LogP contribution is 2.31. The van der Waals surface area contributed by atoms with E-state index in [0.29, 0.717) is 10.9 Å². The quantitative estimate of drug-likeness (QED) is 0.840. The minimum Gasteiger partial charge on any atom is -0.493 e. The van der Waals surface area contributed by atoms with E-state index >= 15 is 0 Å². The standard InChI is InChI=1S/C12H10F2N3O/c13-12(14)5-6-17(7-12)11-15-9-4-2-1-3-8(9)10(18)16-11/h1-2,4H,5-7H2,(H,15,16,18). The number of nitrogens with zero attached hydrogens (tertiary/aromatic N) is 3. The first kappa shape index (κ1) is 11.1. The van der Waals surface area contributed by atoms with Gasteiger partial charge in [-0.15, -0.1) is 0 Å². The van der Waals surface area contributed by atoms with Crippen LogP contribution >= 0.6 is 0 Å². The minimum absolute atomic E-state index is 0.136. The summed E-state index contributed by atoms with van der Waals surface area (Å²) in [5.74, 6) is -2.81. The molecule has 2 heterocycles. The van der Waals surface area contributed by atoms with Crippen LogP contribution in [0, 0.1) is 6.07 Å². The molecule has 0 amide bonds. The molecule has 0 unspecified atom stereocenters. The predicted octanol–water partition coefficient (Wildman–Crippen LogP) is 1.98. The largest absolute Gasteiger partial charge is 0.493 e. The third-order valence-electron chi connectivity index (χ3n) is 2.94. The van der Waals surface area contributed by atoms with Gasteiger partial charge in [-0.05, 0) is 12.1 Å². The Bertz CT molecular complexity index is 603. The van der Waals surface area contributed by atoms with Gasteiger partial charge in [-0.1, -0.05) is 12.1 Å². The van der Waals surface area contributed by atoms with Crippen molar-refractivity contribution in [3.63, 3.8) is 0 Å². The maximum absolute atomic E-state index is 13.1. The van der Waals surface area contributed by atoms with E-state index in [1.807, 2.05) is 0 Å². The first-order chi connectivity index (χ1) is 8.55. The second-order valence-electron chi connectivity index (χ2n) is 4.31. The summed E-state index contributed by atoms with van der Waals surface area (Å²) in [4.78, 5) is 9.41. The van der Waals surface area contributed by atoms with Crippen LogP contribution in [0.5, 0.6) is 5.88 Å². The molecule has 1 fully saturated rings. The monoisotopic (exact) mass is 250 g/mol. The van der Waals surface area contributed by atoms with E-state index in [2.05, 4.69) is 16.0 Å². The Hall–Kier alpha value is -1.98. The van der Waals surface area contributed by atoms with Crippen LogP contribution in [0.4, 0.5) is 14.7 Å². The van der Waals surface area contributed by atoms with Gasteiger partial charge in [0.05, 0.1) is 17.4 Å². The highest BCUT2D eigenvalue weighted by molar-refractivity contribution is 5.83. The number of hydrogen-bond acceptors (Lipinski definition) is 4. The zero-order valence-electron chi connectivity index (χ0n) is 9.40. The number of rotatable bonds is 1. The summed E-state index contributed by atoms with van der Waals surface area (Å²) < 4.78 is 26.3. The van der Waals surface area contributed by atoms with E-state index in [4.69, 9.17) is 0 Å². The first-order valence-electron chi connectivity index (χ1n) is 5.55. The van der Waals surface area contributed by atoms with Crippen molar-refractivity contribution in [3.05, 3.63) is 24.3 Å². The van der Waals surface area contributed by atoms with Crippen molar-refractivity contribution in [2.75, 3.05) is 18.0 Å². The Morgan fingerprint density at radius 2 is 2.22 bits per heavy atom. The Labute approximate surface area is 102 Å². The van der Waals surface area contributed by atoms with E-state index in [-0.39, 0.29) is 24.8 Å². The second kappa shape index (κ2) is 3.76. The average molecular weight is 250 g/mol. The Morgan fingerprint density at radius 3 is 2.94 bits per heavy atom. The molecular weight excluding hydrogens is 240 g/mol. The molecule has 1 N–H and O–H groups in total. The number of anilines is 1. The number of halogens is 2. The summed E-state index contributed by atoms with van der Waals surface area (Å²) >= 11 is 0. The highest BCUT2D eigenvalue weighted by atomic mass is 19.3. The van der Waals surface area contributed by atoms with Gasteiger partial charge in [0.1, 0.15) is 0 Å². The van der Waals surface area contributed by atoms with Gasteiger partial charge in [0.15, 0.2) is 0 Å². The minimum atomic E-state index is -2.71. The highest BCUT2D eigenvalue weighted by Gasteiger charge is 2.39. The lowest BCUT2D eigenvalue weighted by molar-refractivity contribution is 0.0256. The van der Waals surface area contributed by atoms with Gasteiger partial charge in [-0.3, -0.25) is 0 Å². The van der Waals surface area contributed by atoms with Gasteiger partial charge in [-0.2, -0.15) is 4.98 Å². The zero-order chi connectivity index (χ0) is 12.8. The fraction of sp³-hybridized carbons (Fsp3) is 0.333. The average Bonchev–Trinajstić information content (AvgIpc) is 2.70. The van der Waals surface area contributed by atoms with Crippen molar-refractivity contribution in [1.29, 1.82) is 0 Å². The first-order valence-corrected chi connectivity index (χ1v) is 5.55. The van der Waals surface area contributed by atoms with Crippen LogP contribution in [0.15, 0.2) is 18.2 Å². The van der Waals surface area contributed by atoms with Gasteiger partial charge in [-0.25, -0.2) is 13.8 Å². The summed E-state index contributed by atoms with van der Waals surface area (Å²) in [6, 6.07) is 7.85. The van der Waals surface area contributed by atoms with Crippen molar-refractivity contribution in [3.8, 4) is 5.88 Å². The summed E-state index contributed by atoms with van der Waals surface area (Å²) in [7, 11) is 0. The molecule has 0 spiro atoms.